The molecule has 2 rings (SSSR count). The monoisotopic (exact) mass is 350 g/mol. The Hall–Kier alpha value is -2.19. The number of hydrogen-bond donors (Lipinski definition) is 2. The predicted octanol–water partition coefficient (Wildman–Crippen LogP) is 1.84. The third-order valence-electron chi connectivity index (χ3n) is 3.42. The molecule has 0 aliphatic carbocycles. The minimum absolute atomic E-state index is 0.168. The summed E-state index contributed by atoms with van der Waals surface area (Å²) in [6.07, 6.45) is 2.58. The third-order valence-corrected chi connectivity index (χ3v) is 4.53. The number of thiophene rings is 1. The largest absolute Gasteiger partial charge is 0.385 e. The molecule has 2 heterocycles. The van der Waals surface area contributed by atoms with Crippen molar-refractivity contribution in [2.24, 2.45) is 0 Å². The quantitative estimate of drug-likeness (QED) is 0.562. The Morgan fingerprint density at radius 2 is 2.21 bits per heavy atom. The number of nitrogens with zero attached hydrogens (tertiary/aromatic N) is 2. The molecule has 2 aromatic heterocycles. The van der Waals surface area contributed by atoms with Crippen LogP contribution in [0.4, 0.5) is 5.82 Å². The molecule has 0 aliphatic rings. The zero-order chi connectivity index (χ0) is 17.4. The number of anilines is 1. The normalized spacial score (nSPS) is 11.9. The first-order chi connectivity index (χ1) is 11.6. The lowest BCUT2D eigenvalue weighted by Crippen LogP contribution is -2.37. The van der Waals surface area contributed by atoms with Crippen LogP contribution in [0, 0.1) is 0 Å². The van der Waals surface area contributed by atoms with Crippen molar-refractivity contribution in [1.82, 2.24) is 15.1 Å². The molecule has 0 aromatic carbocycles. The fourth-order valence-electron chi connectivity index (χ4n) is 2.10. The summed E-state index contributed by atoms with van der Waals surface area (Å²) in [5.41, 5.74) is 0. The van der Waals surface area contributed by atoms with Gasteiger partial charge in [0.1, 0.15) is 0 Å². The summed E-state index contributed by atoms with van der Waals surface area (Å²) in [6, 6.07) is 5.64. The summed E-state index contributed by atoms with van der Waals surface area (Å²) >= 11 is 1.63. The van der Waals surface area contributed by atoms with Gasteiger partial charge in [0, 0.05) is 49.9 Å². The Balaban J connectivity index is 1.76. The highest BCUT2D eigenvalue weighted by molar-refractivity contribution is 7.10. The number of ether oxygens (including phenoxy) is 1. The molecular weight excluding hydrogens is 328 g/mol. The highest BCUT2D eigenvalue weighted by Crippen LogP contribution is 2.19. The van der Waals surface area contributed by atoms with Crippen LogP contribution in [-0.4, -0.2) is 41.9 Å². The van der Waals surface area contributed by atoms with Crippen LogP contribution < -0.4 is 10.6 Å². The molecule has 8 heteroatoms. The molecule has 0 radical (unpaired) electrons. The molecule has 2 aromatic rings. The number of aryl methyl sites for hydroxylation is 1. The van der Waals surface area contributed by atoms with Gasteiger partial charge in [-0.25, -0.2) is 0 Å². The Morgan fingerprint density at radius 1 is 1.38 bits per heavy atom. The molecule has 0 fully saturated rings. The van der Waals surface area contributed by atoms with E-state index in [9.17, 15) is 9.59 Å². The van der Waals surface area contributed by atoms with Crippen molar-refractivity contribution < 1.29 is 14.3 Å². The van der Waals surface area contributed by atoms with Crippen molar-refractivity contribution in [3.8, 4) is 0 Å². The van der Waals surface area contributed by atoms with Crippen LogP contribution in [0.1, 0.15) is 24.1 Å². The average Bonchev–Trinajstić information content (AvgIpc) is 3.24. The lowest BCUT2D eigenvalue weighted by Gasteiger charge is -2.10. The Bertz CT molecular complexity index is 654. The van der Waals surface area contributed by atoms with E-state index in [0.29, 0.717) is 25.5 Å². The summed E-state index contributed by atoms with van der Waals surface area (Å²) in [6.45, 7) is 3.75. The van der Waals surface area contributed by atoms with Gasteiger partial charge in [-0.15, -0.1) is 11.3 Å². The van der Waals surface area contributed by atoms with Crippen LogP contribution in [0.3, 0.4) is 0 Å². The second kappa shape index (κ2) is 9.19. The first-order valence-electron chi connectivity index (χ1n) is 7.75. The molecule has 1 unspecified atom stereocenters. The lowest BCUT2D eigenvalue weighted by atomic mass is 10.1. The number of hydrogen-bond acceptors (Lipinski definition) is 5. The molecule has 0 saturated carbocycles. The van der Waals surface area contributed by atoms with Crippen LogP contribution in [0.15, 0.2) is 29.8 Å². The van der Waals surface area contributed by atoms with Crippen LogP contribution in [0.25, 0.3) is 0 Å². The molecular formula is C16H22N4O3S. The van der Waals surface area contributed by atoms with Gasteiger partial charge in [0.25, 0.3) is 0 Å². The van der Waals surface area contributed by atoms with Gasteiger partial charge in [0.15, 0.2) is 5.82 Å². The minimum Gasteiger partial charge on any atom is -0.385 e. The van der Waals surface area contributed by atoms with E-state index >= 15 is 0 Å². The van der Waals surface area contributed by atoms with E-state index in [1.54, 1.807) is 35.4 Å². The van der Waals surface area contributed by atoms with Crippen molar-refractivity contribution in [3.05, 3.63) is 34.7 Å². The third kappa shape index (κ3) is 5.47. The summed E-state index contributed by atoms with van der Waals surface area (Å²) in [7, 11) is 1.65. The summed E-state index contributed by atoms with van der Waals surface area (Å²) in [5.74, 6) is -0.844. The van der Waals surface area contributed by atoms with E-state index in [0.717, 1.165) is 6.42 Å². The SMILES string of the molecule is COCCCn1ccc(NC(=O)C(=O)NCC(C)c2cccs2)n1. The number of carbonyl (C=O) groups excluding carboxylic acids is 2. The number of methoxy groups -OCH3 is 1. The fourth-order valence-corrected chi connectivity index (χ4v) is 2.88. The Labute approximate surface area is 145 Å². The van der Waals surface area contributed by atoms with Crippen molar-refractivity contribution in [2.45, 2.75) is 25.8 Å². The first kappa shape index (κ1) is 18.2. The van der Waals surface area contributed by atoms with Crippen LogP contribution in [-0.2, 0) is 20.9 Å². The number of nitrogens with one attached hydrogen (secondary N) is 2. The zero-order valence-electron chi connectivity index (χ0n) is 13.8. The van der Waals surface area contributed by atoms with Crippen molar-refractivity contribution in [3.63, 3.8) is 0 Å². The van der Waals surface area contributed by atoms with Gasteiger partial charge in [0.2, 0.25) is 0 Å². The van der Waals surface area contributed by atoms with Crippen molar-refractivity contribution in [2.75, 3.05) is 25.6 Å². The zero-order valence-corrected chi connectivity index (χ0v) is 14.6. The minimum atomic E-state index is -0.712. The molecule has 0 spiro atoms. The molecule has 0 aliphatic heterocycles. The van der Waals surface area contributed by atoms with E-state index in [1.165, 1.54) is 4.88 Å². The van der Waals surface area contributed by atoms with Gasteiger partial charge in [-0.2, -0.15) is 5.10 Å². The van der Waals surface area contributed by atoms with Crippen LogP contribution in [0.2, 0.25) is 0 Å². The predicted molar refractivity (Wildman–Crippen MR) is 93.1 cm³/mol. The maximum Gasteiger partial charge on any atom is 0.314 e. The molecule has 7 nitrogen and oxygen atoms in total. The van der Waals surface area contributed by atoms with E-state index in [2.05, 4.69) is 15.7 Å². The fraction of sp³-hybridized carbons (Fsp3) is 0.438. The molecule has 130 valence electrons. The lowest BCUT2D eigenvalue weighted by molar-refractivity contribution is -0.136. The standard InChI is InChI=1S/C16H22N4O3S/c1-12(13-5-3-10-24-13)11-17-15(21)16(22)18-14-6-8-20(19-14)7-4-9-23-2/h3,5-6,8,10,12H,4,7,9,11H2,1-2H3,(H,17,21)(H,18,19,22). The highest BCUT2D eigenvalue weighted by Gasteiger charge is 2.16. The van der Waals surface area contributed by atoms with Gasteiger partial charge in [-0.1, -0.05) is 13.0 Å². The molecule has 0 bridgehead atoms. The summed E-state index contributed by atoms with van der Waals surface area (Å²) in [5, 5.41) is 11.3. The summed E-state index contributed by atoms with van der Waals surface area (Å²) < 4.78 is 6.68. The second-order valence-electron chi connectivity index (χ2n) is 5.39. The van der Waals surface area contributed by atoms with Crippen molar-refractivity contribution >= 4 is 29.0 Å². The second-order valence-corrected chi connectivity index (χ2v) is 6.37. The Kier molecular flexibility index (Phi) is 6.95. The van der Waals surface area contributed by atoms with E-state index in [1.807, 2.05) is 24.4 Å². The average molecular weight is 350 g/mol. The van der Waals surface area contributed by atoms with Gasteiger partial charge in [0.05, 0.1) is 0 Å². The van der Waals surface area contributed by atoms with Gasteiger partial charge < -0.3 is 15.4 Å². The summed E-state index contributed by atoms with van der Waals surface area (Å²) in [4.78, 5) is 24.9. The number of aromatic nitrogens is 2. The molecule has 1 atom stereocenters. The number of carbonyl (C=O) groups is 2. The van der Waals surface area contributed by atoms with E-state index in [4.69, 9.17) is 4.74 Å². The smallest absolute Gasteiger partial charge is 0.314 e. The van der Waals surface area contributed by atoms with E-state index in [-0.39, 0.29) is 5.92 Å². The van der Waals surface area contributed by atoms with Gasteiger partial charge in [-0.05, 0) is 17.9 Å². The number of rotatable bonds is 8. The van der Waals surface area contributed by atoms with Gasteiger partial charge >= 0.3 is 11.8 Å². The first-order valence-corrected chi connectivity index (χ1v) is 8.63. The molecule has 2 amide bonds. The van der Waals surface area contributed by atoms with Crippen LogP contribution in [0.5, 0.6) is 0 Å². The molecule has 0 saturated heterocycles. The highest BCUT2D eigenvalue weighted by atomic mass is 32.1. The maximum absolute atomic E-state index is 11.9. The number of amides is 2. The van der Waals surface area contributed by atoms with Crippen molar-refractivity contribution in [1.29, 1.82) is 0 Å². The van der Waals surface area contributed by atoms with Crippen LogP contribution >= 0.6 is 11.3 Å². The topological polar surface area (TPSA) is 85.2 Å². The molecule has 24 heavy (non-hydrogen) atoms. The molecule has 2 N–H and O–H groups in total. The van der Waals surface area contributed by atoms with Gasteiger partial charge in [-0.3, -0.25) is 14.3 Å². The Morgan fingerprint density at radius 3 is 2.92 bits per heavy atom. The maximum atomic E-state index is 11.9. The van der Waals surface area contributed by atoms with E-state index < -0.39 is 11.8 Å².